The largest absolute Gasteiger partial charge is 0.355 e. The van der Waals surface area contributed by atoms with Crippen LogP contribution in [0, 0.1) is 0 Å². The van der Waals surface area contributed by atoms with Gasteiger partial charge in [0.15, 0.2) is 11.5 Å². The maximum atomic E-state index is 12.9. The van der Waals surface area contributed by atoms with E-state index in [-0.39, 0.29) is 17.6 Å². The van der Waals surface area contributed by atoms with E-state index in [0.29, 0.717) is 29.5 Å². The average Bonchev–Trinajstić information content (AvgIpc) is 3.47. The highest BCUT2D eigenvalue weighted by atomic mass is 32.2. The summed E-state index contributed by atoms with van der Waals surface area (Å²) in [5, 5.41) is 8.46. The first-order chi connectivity index (χ1) is 14.6. The van der Waals surface area contributed by atoms with E-state index in [1.165, 1.54) is 11.3 Å². The Morgan fingerprint density at radius 1 is 1.20 bits per heavy atom. The molecule has 0 radical (unpaired) electrons. The van der Waals surface area contributed by atoms with E-state index in [1.807, 2.05) is 30.3 Å². The molecule has 3 heterocycles. The van der Waals surface area contributed by atoms with Gasteiger partial charge in [0, 0.05) is 30.8 Å². The average molecular weight is 446 g/mol. The molecule has 2 aromatic heterocycles. The number of aromatic nitrogens is 1. The zero-order valence-corrected chi connectivity index (χ0v) is 18.0. The van der Waals surface area contributed by atoms with Crippen LogP contribution in [0.25, 0.3) is 11.3 Å². The second-order valence-electron chi connectivity index (χ2n) is 7.18. The Morgan fingerprint density at radius 2 is 2.03 bits per heavy atom. The lowest BCUT2D eigenvalue weighted by molar-refractivity contribution is 0.0940. The molecule has 1 unspecified atom stereocenters. The maximum Gasteiger partial charge on any atom is 0.273 e. The van der Waals surface area contributed by atoms with Crippen molar-refractivity contribution in [1.29, 1.82) is 0 Å². The summed E-state index contributed by atoms with van der Waals surface area (Å²) in [6.45, 7) is 0.885. The van der Waals surface area contributed by atoms with Gasteiger partial charge in [-0.2, -0.15) is 4.31 Å². The van der Waals surface area contributed by atoms with Gasteiger partial charge in [0.05, 0.1) is 0 Å². The molecule has 0 aliphatic carbocycles. The number of amides is 1. The van der Waals surface area contributed by atoms with Crippen LogP contribution >= 0.6 is 11.3 Å². The molecule has 1 aliphatic rings. The third-order valence-corrected chi connectivity index (χ3v) is 8.52. The number of benzene rings is 1. The number of nitrogens with zero attached hydrogens (tertiary/aromatic N) is 2. The molecule has 3 aromatic rings. The summed E-state index contributed by atoms with van der Waals surface area (Å²) >= 11 is 1.23. The molecule has 4 rings (SSSR count). The van der Waals surface area contributed by atoms with Crippen LogP contribution in [0.4, 0.5) is 0 Å². The smallest absolute Gasteiger partial charge is 0.273 e. The summed E-state index contributed by atoms with van der Waals surface area (Å²) in [5.41, 5.74) is 1.06. The van der Waals surface area contributed by atoms with Gasteiger partial charge in [0.1, 0.15) is 4.21 Å². The Morgan fingerprint density at radius 3 is 2.80 bits per heavy atom. The number of carbonyl (C=O) groups excluding carboxylic acids is 1. The lowest BCUT2D eigenvalue weighted by Crippen LogP contribution is -2.44. The molecule has 7 nitrogen and oxygen atoms in total. The third kappa shape index (κ3) is 4.48. The highest BCUT2D eigenvalue weighted by Crippen LogP contribution is 2.29. The predicted octanol–water partition coefficient (Wildman–Crippen LogP) is 3.77. The summed E-state index contributed by atoms with van der Waals surface area (Å²) in [7, 11) is -3.49. The molecule has 1 aromatic carbocycles. The van der Waals surface area contributed by atoms with E-state index in [0.717, 1.165) is 24.8 Å². The molecule has 1 atom stereocenters. The van der Waals surface area contributed by atoms with Crippen molar-refractivity contribution < 1.29 is 17.7 Å². The molecule has 0 bridgehead atoms. The summed E-state index contributed by atoms with van der Waals surface area (Å²) in [6.07, 6.45) is 3.19. The quantitative estimate of drug-likeness (QED) is 0.598. The maximum absolute atomic E-state index is 12.9. The topological polar surface area (TPSA) is 92.5 Å². The van der Waals surface area contributed by atoms with Crippen molar-refractivity contribution in [1.82, 2.24) is 14.8 Å². The van der Waals surface area contributed by atoms with Crippen molar-refractivity contribution >= 4 is 27.3 Å². The molecule has 1 saturated heterocycles. The molecule has 158 valence electrons. The fourth-order valence-electron chi connectivity index (χ4n) is 3.67. The fourth-order valence-corrected chi connectivity index (χ4v) is 6.51. The third-order valence-electron chi connectivity index (χ3n) is 5.20. The molecule has 0 saturated carbocycles. The van der Waals surface area contributed by atoms with Gasteiger partial charge in [-0.05, 0) is 30.7 Å². The van der Waals surface area contributed by atoms with Crippen molar-refractivity contribution in [2.24, 2.45) is 0 Å². The second kappa shape index (κ2) is 9.11. The molecular weight excluding hydrogens is 422 g/mol. The normalized spacial score (nSPS) is 17.7. The van der Waals surface area contributed by atoms with Gasteiger partial charge in [-0.25, -0.2) is 8.42 Å². The monoisotopic (exact) mass is 445 g/mol. The van der Waals surface area contributed by atoms with Crippen molar-refractivity contribution in [2.45, 2.75) is 35.9 Å². The first kappa shape index (κ1) is 20.8. The lowest BCUT2D eigenvalue weighted by Gasteiger charge is -2.34. The standard InChI is InChI=1S/C21H23N3O4S2/c25-21(18-15-19(28-23-18)16-7-2-1-3-8-16)22-12-11-17-9-4-5-13-24(17)30(26,27)20-10-6-14-29-20/h1-3,6-8,10,14-15,17H,4-5,9,11-13H2,(H,22,25). The van der Waals surface area contributed by atoms with Crippen molar-refractivity contribution in [2.75, 3.05) is 13.1 Å². The van der Waals surface area contributed by atoms with Crippen molar-refractivity contribution in [3.8, 4) is 11.3 Å². The summed E-state index contributed by atoms with van der Waals surface area (Å²) < 4.78 is 33.1. The first-order valence-electron chi connectivity index (χ1n) is 9.91. The molecule has 30 heavy (non-hydrogen) atoms. The van der Waals surface area contributed by atoms with Crippen LogP contribution in [0.2, 0.25) is 0 Å². The molecule has 1 N–H and O–H groups in total. The second-order valence-corrected chi connectivity index (χ2v) is 10.2. The first-order valence-corrected chi connectivity index (χ1v) is 12.2. The summed E-state index contributed by atoms with van der Waals surface area (Å²) in [5.74, 6) is 0.200. The zero-order chi connectivity index (χ0) is 21.0. The number of rotatable bonds is 7. The molecule has 9 heteroatoms. The van der Waals surface area contributed by atoms with Gasteiger partial charge >= 0.3 is 0 Å². The van der Waals surface area contributed by atoms with Crippen molar-refractivity contribution in [3.63, 3.8) is 0 Å². The Labute approximate surface area is 179 Å². The van der Waals surface area contributed by atoms with Gasteiger partial charge < -0.3 is 9.84 Å². The van der Waals surface area contributed by atoms with Crippen LogP contribution in [0.5, 0.6) is 0 Å². The number of hydrogen-bond acceptors (Lipinski definition) is 6. The van der Waals surface area contributed by atoms with E-state index in [1.54, 1.807) is 27.9 Å². The van der Waals surface area contributed by atoms with Crippen LogP contribution in [0.3, 0.4) is 0 Å². The van der Waals surface area contributed by atoms with Gasteiger partial charge in [0.25, 0.3) is 15.9 Å². The van der Waals surface area contributed by atoms with E-state index >= 15 is 0 Å². The van der Waals surface area contributed by atoms with Gasteiger partial charge in [-0.1, -0.05) is 48.0 Å². The molecule has 1 amide bonds. The van der Waals surface area contributed by atoms with Crippen LogP contribution in [0.15, 0.2) is 62.6 Å². The number of sulfonamides is 1. The lowest BCUT2D eigenvalue weighted by atomic mass is 10.0. The van der Waals surface area contributed by atoms with E-state index < -0.39 is 10.0 Å². The van der Waals surface area contributed by atoms with Gasteiger partial charge in [-0.3, -0.25) is 4.79 Å². The van der Waals surface area contributed by atoms with Crippen LogP contribution in [-0.2, 0) is 10.0 Å². The Kier molecular flexibility index (Phi) is 6.31. The number of piperidine rings is 1. The highest BCUT2D eigenvalue weighted by Gasteiger charge is 2.33. The van der Waals surface area contributed by atoms with E-state index in [2.05, 4.69) is 10.5 Å². The minimum atomic E-state index is -3.49. The van der Waals surface area contributed by atoms with Crippen molar-refractivity contribution in [3.05, 3.63) is 59.6 Å². The number of thiophene rings is 1. The minimum Gasteiger partial charge on any atom is -0.355 e. The number of carbonyl (C=O) groups is 1. The van der Waals surface area contributed by atoms with Crippen LogP contribution in [-0.4, -0.2) is 42.9 Å². The SMILES string of the molecule is O=C(NCCC1CCCCN1S(=O)(=O)c1cccs1)c1cc(-c2ccccc2)on1. The highest BCUT2D eigenvalue weighted by molar-refractivity contribution is 7.91. The Bertz CT molecular complexity index is 1080. The van der Waals surface area contributed by atoms with Crippen LogP contribution < -0.4 is 5.32 Å². The zero-order valence-electron chi connectivity index (χ0n) is 16.4. The number of hydrogen-bond donors (Lipinski definition) is 1. The van der Waals surface area contributed by atoms with E-state index in [4.69, 9.17) is 4.52 Å². The molecule has 1 aliphatic heterocycles. The van der Waals surface area contributed by atoms with Crippen LogP contribution in [0.1, 0.15) is 36.2 Å². The Balaban J connectivity index is 1.36. The fraction of sp³-hybridized carbons (Fsp3) is 0.333. The van der Waals surface area contributed by atoms with E-state index in [9.17, 15) is 13.2 Å². The molecule has 0 spiro atoms. The minimum absolute atomic E-state index is 0.122. The molecular formula is C21H23N3O4S2. The van der Waals surface area contributed by atoms with Gasteiger partial charge in [0.2, 0.25) is 0 Å². The summed E-state index contributed by atoms with van der Waals surface area (Å²) in [4.78, 5) is 12.4. The summed E-state index contributed by atoms with van der Waals surface area (Å²) in [6, 6.07) is 14.3. The predicted molar refractivity (Wildman–Crippen MR) is 115 cm³/mol. The number of nitrogens with one attached hydrogen (secondary N) is 1. The Hall–Kier alpha value is -2.49. The van der Waals surface area contributed by atoms with Gasteiger partial charge in [-0.15, -0.1) is 11.3 Å². The molecule has 1 fully saturated rings.